The summed E-state index contributed by atoms with van der Waals surface area (Å²) in [6.07, 6.45) is -5.05. The maximum absolute atomic E-state index is 12.2. The number of alkyl halides is 3. The monoisotopic (exact) mass is 183 g/mol. The molecule has 1 atom stereocenters. The molecule has 2 N–H and O–H groups in total. The Morgan fingerprint density at radius 1 is 1.50 bits per heavy atom. The molecular weight excluding hydrogens is 175 g/mol. The van der Waals surface area contributed by atoms with E-state index in [-0.39, 0.29) is 13.0 Å². The lowest BCUT2D eigenvalue weighted by molar-refractivity contribution is -0.225. The van der Waals surface area contributed by atoms with Crippen molar-refractivity contribution < 1.29 is 23.1 Å². The van der Waals surface area contributed by atoms with Crippen LogP contribution in [0.15, 0.2) is 0 Å². The van der Waals surface area contributed by atoms with Crippen molar-refractivity contribution in [2.45, 2.75) is 12.6 Å². The minimum atomic E-state index is -4.66. The SMILES string of the molecule is O=C(O)C1(C(F)(F)F)CCNC1. The number of nitrogens with one attached hydrogen (secondary N) is 1. The van der Waals surface area contributed by atoms with Gasteiger partial charge in [-0.25, -0.2) is 0 Å². The highest BCUT2D eigenvalue weighted by Crippen LogP contribution is 2.42. The summed E-state index contributed by atoms with van der Waals surface area (Å²) in [6, 6.07) is 0. The van der Waals surface area contributed by atoms with E-state index < -0.39 is 24.1 Å². The van der Waals surface area contributed by atoms with Gasteiger partial charge in [0.15, 0.2) is 5.41 Å². The van der Waals surface area contributed by atoms with E-state index in [0.29, 0.717) is 0 Å². The van der Waals surface area contributed by atoms with Gasteiger partial charge in [-0.1, -0.05) is 0 Å². The van der Waals surface area contributed by atoms with Crippen LogP contribution < -0.4 is 5.32 Å². The molecule has 0 aromatic rings. The Morgan fingerprint density at radius 2 is 2.08 bits per heavy atom. The molecule has 70 valence electrons. The number of carboxylic acid groups (broad SMARTS) is 1. The van der Waals surface area contributed by atoms with Gasteiger partial charge in [0.2, 0.25) is 0 Å². The molecule has 0 aliphatic carbocycles. The van der Waals surface area contributed by atoms with Crippen molar-refractivity contribution in [2.24, 2.45) is 5.41 Å². The van der Waals surface area contributed by atoms with Crippen LogP contribution in [0.3, 0.4) is 0 Å². The molecule has 1 fully saturated rings. The Hall–Kier alpha value is -0.780. The summed E-state index contributed by atoms with van der Waals surface area (Å²) in [5.41, 5.74) is -2.56. The van der Waals surface area contributed by atoms with Gasteiger partial charge in [0.1, 0.15) is 0 Å². The number of rotatable bonds is 1. The second-order valence-corrected chi connectivity index (χ2v) is 2.81. The van der Waals surface area contributed by atoms with Crippen LogP contribution in [0.5, 0.6) is 0 Å². The first kappa shape index (κ1) is 9.31. The fraction of sp³-hybridized carbons (Fsp3) is 0.833. The molecule has 6 heteroatoms. The molecule has 1 aliphatic rings. The normalized spacial score (nSPS) is 30.6. The maximum Gasteiger partial charge on any atom is 0.406 e. The summed E-state index contributed by atoms with van der Waals surface area (Å²) in [5.74, 6) is -1.79. The number of hydrogen-bond donors (Lipinski definition) is 2. The van der Waals surface area contributed by atoms with Crippen LogP contribution in [0.1, 0.15) is 6.42 Å². The van der Waals surface area contributed by atoms with Gasteiger partial charge >= 0.3 is 12.1 Å². The van der Waals surface area contributed by atoms with Crippen molar-refractivity contribution in [1.82, 2.24) is 5.32 Å². The maximum atomic E-state index is 12.2. The van der Waals surface area contributed by atoms with Crippen molar-refractivity contribution >= 4 is 5.97 Å². The third-order valence-corrected chi connectivity index (χ3v) is 2.11. The summed E-state index contributed by atoms with van der Waals surface area (Å²) in [6.45, 7) is -0.419. The number of carboxylic acids is 1. The second kappa shape index (κ2) is 2.62. The Kier molecular flexibility index (Phi) is 2.03. The quantitative estimate of drug-likeness (QED) is 0.626. The summed E-state index contributed by atoms with van der Waals surface area (Å²) in [4.78, 5) is 10.4. The molecule has 1 saturated heterocycles. The minimum absolute atomic E-state index is 0.103. The van der Waals surface area contributed by atoms with E-state index in [1.807, 2.05) is 0 Å². The predicted molar refractivity (Wildman–Crippen MR) is 33.6 cm³/mol. The molecule has 12 heavy (non-hydrogen) atoms. The van der Waals surface area contributed by atoms with Crippen LogP contribution >= 0.6 is 0 Å². The summed E-state index contributed by atoms with van der Waals surface area (Å²) >= 11 is 0. The highest BCUT2D eigenvalue weighted by atomic mass is 19.4. The Labute approximate surface area is 66.6 Å². The molecule has 1 heterocycles. The fourth-order valence-corrected chi connectivity index (χ4v) is 1.24. The first-order valence-corrected chi connectivity index (χ1v) is 3.41. The molecule has 0 radical (unpaired) electrons. The zero-order valence-electron chi connectivity index (χ0n) is 6.11. The van der Waals surface area contributed by atoms with E-state index in [2.05, 4.69) is 5.32 Å². The van der Waals surface area contributed by atoms with Crippen LogP contribution in [0.25, 0.3) is 0 Å². The molecule has 1 aliphatic heterocycles. The summed E-state index contributed by atoms with van der Waals surface area (Å²) in [7, 11) is 0. The van der Waals surface area contributed by atoms with Crippen molar-refractivity contribution in [3.05, 3.63) is 0 Å². The van der Waals surface area contributed by atoms with Crippen molar-refractivity contribution in [3.8, 4) is 0 Å². The minimum Gasteiger partial charge on any atom is -0.481 e. The third kappa shape index (κ3) is 1.16. The second-order valence-electron chi connectivity index (χ2n) is 2.81. The summed E-state index contributed by atoms with van der Waals surface area (Å²) < 4.78 is 36.7. The van der Waals surface area contributed by atoms with Crippen LogP contribution in [0, 0.1) is 5.41 Å². The Bertz CT molecular complexity index is 195. The molecule has 0 amide bonds. The molecule has 0 spiro atoms. The third-order valence-electron chi connectivity index (χ3n) is 2.11. The first-order valence-electron chi connectivity index (χ1n) is 3.41. The van der Waals surface area contributed by atoms with E-state index in [4.69, 9.17) is 5.11 Å². The zero-order valence-corrected chi connectivity index (χ0v) is 6.11. The Morgan fingerprint density at radius 3 is 2.25 bits per heavy atom. The first-order chi connectivity index (χ1) is 5.40. The number of aliphatic carboxylic acids is 1. The van der Waals surface area contributed by atoms with Gasteiger partial charge in [-0.3, -0.25) is 4.79 Å². The van der Waals surface area contributed by atoms with Crippen LogP contribution in [0.2, 0.25) is 0 Å². The smallest absolute Gasteiger partial charge is 0.406 e. The van der Waals surface area contributed by atoms with Gasteiger partial charge in [0, 0.05) is 6.54 Å². The highest BCUT2D eigenvalue weighted by Gasteiger charge is 2.61. The number of halogens is 3. The number of carbonyl (C=O) groups is 1. The lowest BCUT2D eigenvalue weighted by Crippen LogP contribution is -2.46. The lowest BCUT2D eigenvalue weighted by Gasteiger charge is -2.25. The van der Waals surface area contributed by atoms with Gasteiger partial charge in [-0.15, -0.1) is 0 Å². The van der Waals surface area contributed by atoms with Gasteiger partial charge in [-0.2, -0.15) is 13.2 Å². The van der Waals surface area contributed by atoms with Gasteiger partial charge in [-0.05, 0) is 13.0 Å². The van der Waals surface area contributed by atoms with Crippen molar-refractivity contribution in [1.29, 1.82) is 0 Å². The molecule has 3 nitrogen and oxygen atoms in total. The van der Waals surface area contributed by atoms with Crippen molar-refractivity contribution in [2.75, 3.05) is 13.1 Å². The molecule has 0 aromatic carbocycles. The molecule has 1 unspecified atom stereocenters. The van der Waals surface area contributed by atoms with Crippen LogP contribution in [0.4, 0.5) is 13.2 Å². The van der Waals surface area contributed by atoms with E-state index in [9.17, 15) is 18.0 Å². The average Bonchev–Trinajstić information content (AvgIpc) is 2.31. The predicted octanol–water partition coefficient (Wildman–Crippen LogP) is 0.613. The van der Waals surface area contributed by atoms with E-state index in [0.717, 1.165) is 0 Å². The van der Waals surface area contributed by atoms with Crippen LogP contribution in [-0.4, -0.2) is 30.3 Å². The number of hydrogen-bond acceptors (Lipinski definition) is 2. The van der Waals surface area contributed by atoms with E-state index in [1.54, 1.807) is 0 Å². The largest absolute Gasteiger partial charge is 0.481 e. The molecule has 0 bridgehead atoms. The average molecular weight is 183 g/mol. The summed E-state index contributed by atoms with van der Waals surface area (Å²) in [5, 5.41) is 10.8. The molecule has 0 aromatic heterocycles. The van der Waals surface area contributed by atoms with Crippen LogP contribution in [-0.2, 0) is 4.79 Å². The fourth-order valence-electron chi connectivity index (χ4n) is 1.24. The molecule has 1 rings (SSSR count). The zero-order chi connectivity index (χ0) is 9.41. The van der Waals surface area contributed by atoms with E-state index in [1.165, 1.54) is 0 Å². The highest BCUT2D eigenvalue weighted by molar-refractivity contribution is 5.76. The van der Waals surface area contributed by atoms with Gasteiger partial charge in [0.05, 0.1) is 0 Å². The van der Waals surface area contributed by atoms with Gasteiger partial charge in [0.25, 0.3) is 0 Å². The van der Waals surface area contributed by atoms with E-state index >= 15 is 0 Å². The lowest BCUT2D eigenvalue weighted by atomic mass is 9.87. The standard InChI is InChI=1S/C6H8F3NO2/c7-6(8,9)5(4(11)12)1-2-10-3-5/h10H,1-3H2,(H,11,12). The van der Waals surface area contributed by atoms with Crippen molar-refractivity contribution in [3.63, 3.8) is 0 Å². The topological polar surface area (TPSA) is 49.3 Å². The van der Waals surface area contributed by atoms with Gasteiger partial charge < -0.3 is 10.4 Å². The molecule has 0 saturated carbocycles. The Balaban J connectivity index is 2.94. The molecular formula is C6H8F3NO2.